The lowest BCUT2D eigenvalue weighted by Gasteiger charge is -2.14. The van der Waals surface area contributed by atoms with E-state index in [9.17, 15) is 15.0 Å². The van der Waals surface area contributed by atoms with Crippen molar-refractivity contribution in [1.29, 1.82) is 0 Å². The number of rotatable bonds is 4. The number of halogens is 1. The van der Waals surface area contributed by atoms with Gasteiger partial charge in [-0.25, -0.2) is 0 Å². The molecule has 0 bridgehead atoms. The van der Waals surface area contributed by atoms with Crippen LogP contribution in [0.25, 0.3) is 22.5 Å². The lowest BCUT2D eigenvalue weighted by atomic mass is 9.93. The van der Waals surface area contributed by atoms with Crippen molar-refractivity contribution >= 4 is 34.5 Å². The van der Waals surface area contributed by atoms with Gasteiger partial charge in [0.1, 0.15) is 0 Å². The van der Waals surface area contributed by atoms with Crippen LogP contribution in [0.5, 0.6) is 5.88 Å². The van der Waals surface area contributed by atoms with Gasteiger partial charge in [0.25, 0.3) is 11.8 Å². The molecule has 8 nitrogen and oxygen atoms in total. The van der Waals surface area contributed by atoms with E-state index in [1.54, 1.807) is 12.1 Å². The Morgan fingerprint density at radius 1 is 1.19 bits per heavy atom. The number of aromatic nitrogens is 1. The number of aliphatic hydroxyl groups is 2. The Hall–Kier alpha value is -3.33. The standard InChI is InChI=1S/C23H19ClN2O6/c1-30-20-8-19(32-26-20)22(28)21-14-6-13(16(24)7-17(14)25-23(21)29)11-2-4-12(5-3-11)15-9-31-10-18(15)27/h2-8,15,18,27-28H,9-10H2,1H3,(H,25,29)/t15-,18+/m1/s1. The van der Waals surface area contributed by atoms with E-state index >= 15 is 0 Å². The molecule has 0 saturated carbocycles. The molecule has 2 aromatic carbocycles. The Morgan fingerprint density at radius 3 is 2.62 bits per heavy atom. The van der Waals surface area contributed by atoms with Crippen molar-refractivity contribution in [2.24, 2.45) is 0 Å². The lowest BCUT2D eigenvalue weighted by molar-refractivity contribution is -0.110. The molecule has 1 aromatic heterocycles. The number of amides is 1. The molecule has 2 aliphatic rings. The first-order chi connectivity index (χ1) is 15.5. The van der Waals surface area contributed by atoms with Crippen LogP contribution in [0.3, 0.4) is 0 Å². The third kappa shape index (κ3) is 3.42. The molecular weight excluding hydrogens is 436 g/mol. The van der Waals surface area contributed by atoms with Crippen LogP contribution in [0.4, 0.5) is 5.69 Å². The maximum absolute atomic E-state index is 12.6. The van der Waals surface area contributed by atoms with Gasteiger partial charge in [-0.05, 0) is 28.4 Å². The predicted octanol–water partition coefficient (Wildman–Crippen LogP) is 3.86. The zero-order chi connectivity index (χ0) is 22.4. The minimum atomic E-state index is -0.521. The average molecular weight is 455 g/mol. The number of ether oxygens (including phenoxy) is 2. The number of carbonyl (C=O) groups is 1. The Kier molecular flexibility index (Phi) is 5.13. The molecule has 0 spiro atoms. The zero-order valence-electron chi connectivity index (χ0n) is 17.0. The topological polar surface area (TPSA) is 114 Å². The summed E-state index contributed by atoms with van der Waals surface area (Å²) in [5.41, 5.74) is 3.53. The third-order valence-corrected chi connectivity index (χ3v) is 6.03. The van der Waals surface area contributed by atoms with E-state index < -0.39 is 12.0 Å². The summed E-state index contributed by atoms with van der Waals surface area (Å²) in [6, 6.07) is 12.5. The average Bonchev–Trinajstić information content (AvgIpc) is 3.51. The number of hydrogen-bond acceptors (Lipinski definition) is 7. The molecule has 32 heavy (non-hydrogen) atoms. The highest BCUT2D eigenvalue weighted by Crippen LogP contribution is 2.42. The van der Waals surface area contributed by atoms with Crippen LogP contribution >= 0.6 is 11.6 Å². The van der Waals surface area contributed by atoms with Crippen LogP contribution in [0, 0.1) is 0 Å². The highest BCUT2D eigenvalue weighted by atomic mass is 35.5. The van der Waals surface area contributed by atoms with Gasteiger partial charge >= 0.3 is 0 Å². The molecule has 0 unspecified atom stereocenters. The van der Waals surface area contributed by atoms with Gasteiger partial charge in [0.2, 0.25) is 5.76 Å². The first kappa shape index (κ1) is 20.6. The van der Waals surface area contributed by atoms with Gasteiger partial charge in [-0.1, -0.05) is 35.9 Å². The molecule has 3 N–H and O–H groups in total. The first-order valence-corrected chi connectivity index (χ1v) is 10.3. The van der Waals surface area contributed by atoms with Gasteiger partial charge in [0, 0.05) is 17.0 Å². The molecule has 1 saturated heterocycles. The van der Waals surface area contributed by atoms with Crippen molar-refractivity contribution in [3.8, 4) is 17.0 Å². The van der Waals surface area contributed by atoms with Gasteiger partial charge < -0.3 is 29.5 Å². The number of carbonyl (C=O) groups excluding carboxylic acids is 1. The molecule has 3 aromatic rings. The molecule has 5 rings (SSSR count). The molecule has 1 amide bonds. The number of benzene rings is 2. The molecule has 0 aliphatic carbocycles. The SMILES string of the molecule is COc1cc(C(O)=C2C(=O)Nc3cc(Cl)c(-c4ccc([C@H]5COC[C@@H]5O)cc4)cc32)on1. The minimum Gasteiger partial charge on any atom is -0.504 e. The van der Waals surface area contributed by atoms with E-state index in [0.717, 1.165) is 11.1 Å². The molecule has 2 aliphatic heterocycles. The molecule has 3 heterocycles. The Morgan fingerprint density at radius 2 is 1.97 bits per heavy atom. The van der Waals surface area contributed by atoms with E-state index in [4.69, 9.17) is 25.6 Å². The minimum absolute atomic E-state index is 0.0121. The second-order valence-corrected chi connectivity index (χ2v) is 8.03. The fraction of sp³-hybridized carbons (Fsp3) is 0.217. The van der Waals surface area contributed by atoms with E-state index in [2.05, 4.69) is 10.5 Å². The number of anilines is 1. The summed E-state index contributed by atoms with van der Waals surface area (Å²) in [4.78, 5) is 12.6. The monoisotopic (exact) mass is 454 g/mol. The van der Waals surface area contributed by atoms with Gasteiger partial charge in [-0.3, -0.25) is 4.79 Å². The third-order valence-electron chi connectivity index (χ3n) is 5.72. The second kappa shape index (κ2) is 7.98. The summed E-state index contributed by atoms with van der Waals surface area (Å²) in [6.07, 6.45) is -0.521. The van der Waals surface area contributed by atoms with Crippen LogP contribution in [-0.4, -0.2) is 47.7 Å². The normalized spacial score (nSPS) is 21.4. The van der Waals surface area contributed by atoms with Crippen LogP contribution in [0.2, 0.25) is 5.02 Å². The molecule has 0 radical (unpaired) electrons. The van der Waals surface area contributed by atoms with Crippen molar-refractivity contribution in [1.82, 2.24) is 5.16 Å². The number of fused-ring (bicyclic) bond motifs is 1. The fourth-order valence-corrected chi connectivity index (χ4v) is 4.28. The molecule has 1 fully saturated rings. The summed E-state index contributed by atoms with van der Waals surface area (Å²) in [5.74, 6) is -0.701. The van der Waals surface area contributed by atoms with E-state index in [1.165, 1.54) is 13.2 Å². The highest BCUT2D eigenvalue weighted by Gasteiger charge is 2.31. The lowest BCUT2D eigenvalue weighted by Crippen LogP contribution is -2.15. The van der Waals surface area contributed by atoms with Crippen molar-refractivity contribution < 1.29 is 29.0 Å². The maximum Gasteiger partial charge on any atom is 0.260 e. The fourth-order valence-electron chi connectivity index (χ4n) is 4.01. The summed E-state index contributed by atoms with van der Waals surface area (Å²) in [5, 5.41) is 27.6. The van der Waals surface area contributed by atoms with Crippen LogP contribution in [-0.2, 0) is 9.53 Å². The Bertz CT molecular complexity index is 1230. The number of hydrogen-bond donors (Lipinski definition) is 3. The second-order valence-electron chi connectivity index (χ2n) is 7.62. The number of nitrogens with one attached hydrogen (secondary N) is 1. The van der Waals surface area contributed by atoms with E-state index in [1.807, 2.05) is 24.3 Å². The van der Waals surface area contributed by atoms with Crippen molar-refractivity contribution in [3.63, 3.8) is 0 Å². The van der Waals surface area contributed by atoms with Gasteiger partial charge in [0.15, 0.2) is 5.76 Å². The van der Waals surface area contributed by atoms with Crippen molar-refractivity contribution in [3.05, 3.63) is 64.4 Å². The van der Waals surface area contributed by atoms with Crippen LogP contribution in [0.15, 0.2) is 47.0 Å². The largest absolute Gasteiger partial charge is 0.504 e. The van der Waals surface area contributed by atoms with Crippen LogP contribution < -0.4 is 10.1 Å². The van der Waals surface area contributed by atoms with Gasteiger partial charge in [-0.2, -0.15) is 0 Å². The van der Waals surface area contributed by atoms with Gasteiger partial charge in [0.05, 0.1) is 48.8 Å². The quantitative estimate of drug-likeness (QED) is 0.405. The van der Waals surface area contributed by atoms with E-state index in [0.29, 0.717) is 35.1 Å². The molecule has 9 heteroatoms. The number of aliphatic hydroxyl groups excluding tert-OH is 2. The van der Waals surface area contributed by atoms with Crippen LogP contribution in [0.1, 0.15) is 22.8 Å². The Labute approximate surface area is 188 Å². The van der Waals surface area contributed by atoms with E-state index in [-0.39, 0.29) is 28.9 Å². The highest BCUT2D eigenvalue weighted by molar-refractivity contribution is 6.38. The Balaban J connectivity index is 1.54. The van der Waals surface area contributed by atoms with Gasteiger partial charge in [-0.15, -0.1) is 0 Å². The smallest absolute Gasteiger partial charge is 0.260 e. The first-order valence-electron chi connectivity index (χ1n) is 9.92. The summed E-state index contributed by atoms with van der Waals surface area (Å²) in [6.45, 7) is 0.813. The molecule has 2 atom stereocenters. The van der Waals surface area contributed by atoms with Crippen molar-refractivity contribution in [2.45, 2.75) is 12.0 Å². The number of methoxy groups -OCH3 is 1. The summed E-state index contributed by atoms with van der Waals surface area (Å²) in [7, 11) is 1.42. The molecular formula is C23H19ClN2O6. The van der Waals surface area contributed by atoms with Crippen molar-refractivity contribution in [2.75, 3.05) is 25.6 Å². The zero-order valence-corrected chi connectivity index (χ0v) is 17.7. The summed E-state index contributed by atoms with van der Waals surface area (Å²) >= 11 is 6.51. The summed E-state index contributed by atoms with van der Waals surface area (Å²) < 4.78 is 15.4. The maximum atomic E-state index is 12.6. The molecule has 164 valence electrons. The predicted molar refractivity (Wildman–Crippen MR) is 118 cm³/mol. The number of nitrogens with zero attached hydrogens (tertiary/aromatic N) is 1.